The van der Waals surface area contributed by atoms with Crippen LogP contribution in [0.15, 0.2) is 59.6 Å². The Balaban J connectivity index is 0.00000324. The van der Waals surface area contributed by atoms with Crippen LogP contribution in [0, 0.1) is 13.8 Å². The summed E-state index contributed by atoms with van der Waals surface area (Å²) < 4.78 is 1.96. The van der Waals surface area contributed by atoms with Crippen molar-refractivity contribution < 1.29 is 4.79 Å². The van der Waals surface area contributed by atoms with Crippen LogP contribution in [0.1, 0.15) is 35.0 Å². The summed E-state index contributed by atoms with van der Waals surface area (Å²) in [5.74, 6) is 0.713. The van der Waals surface area contributed by atoms with Gasteiger partial charge in [0.05, 0.1) is 24.5 Å². The smallest absolute Gasteiger partial charge is 0.242 e. The fourth-order valence-corrected chi connectivity index (χ4v) is 4.21. The summed E-state index contributed by atoms with van der Waals surface area (Å²) in [5, 5.41) is 11.1. The van der Waals surface area contributed by atoms with Crippen molar-refractivity contribution in [3.8, 4) is 5.69 Å². The fraction of sp³-hybridized carbons (Fsp3) is 0.346. The van der Waals surface area contributed by atoms with Gasteiger partial charge in [0.15, 0.2) is 5.96 Å². The molecule has 0 fully saturated rings. The van der Waals surface area contributed by atoms with Crippen molar-refractivity contribution in [2.75, 3.05) is 19.6 Å². The number of aromatic nitrogens is 2. The Morgan fingerprint density at radius 1 is 1.06 bits per heavy atom. The molecular formula is C26H33IN6O. The number of hydrogen-bond donors (Lipinski definition) is 2. The largest absolute Gasteiger partial charge is 0.357 e. The van der Waals surface area contributed by atoms with Crippen molar-refractivity contribution >= 4 is 35.8 Å². The third-order valence-electron chi connectivity index (χ3n) is 5.87. The zero-order valence-corrected chi connectivity index (χ0v) is 22.4. The Morgan fingerprint density at radius 2 is 1.79 bits per heavy atom. The van der Waals surface area contributed by atoms with E-state index in [0.29, 0.717) is 19.0 Å². The molecule has 1 aliphatic heterocycles. The predicted molar refractivity (Wildman–Crippen MR) is 147 cm³/mol. The zero-order valence-electron chi connectivity index (χ0n) is 20.0. The van der Waals surface area contributed by atoms with Gasteiger partial charge in [-0.2, -0.15) is 5.10 Å². The molecule has 34 heavy (non-hydrogen) atoms. The van der Waals surface area contributed by atoms with Crippen molar-refractivity contribution in [1.29, 1.82) is 0 Å². The lowest BCUT2D eigenvalue weighted by Gasteiger charge is -2.29. The van der Waals surface area contributed by atoms with Gasteiger partial charge in [0.2, 0.25) is 5.91 Å². The van der Waals surface area contributed by atoms with Crippen LogP contribution < -0.4 is 10.6 Å². The van der Waals surface area contributed by atoms with Crippen LogP contribution in [0.5, 0.6) is 0 Å². The lowest BCUT2D eigenvalue weighted by molar-refractivity contribution is -0.130. The first-order valence-electron chi connectivity index (χ1n) is 11.5. The number of nitrogens with zero attached hydrogens (tertiary/aromatic N) is 4. The third-order valence-corrected chi connectivity index (χ3v) is 5.87. The number of benzene rings is 2. The van der Waals surface area contributed by atoms with E-state index in [1.807, 2.05) is 41.6 Å². The highest BCUT2D eigenvalue weighted by Crippen LogP contribution is 2.19. The number of aliphatic imine (C=N–C) groups is 1. The van der Waals surface area contributed by atoms with Crippen molar-refractivity contribution in [1.82, 2.24) is 25.3 Å². The Kier molecular flexibility index (Phi) is 9.09. The number of amides is 1. The standard InChI is InChI=1S/C26H32N6O.HI/c1-4-27-26(29-17-25(33)31-14-13-21-9-5-6-11-23(21)18-31)28-16-22-10-7-8-12-24(22)32-20(3)15-19(2)30-32;/h5-12,15H,4,13-14,16-18H2,1-3H3,(H2,27,28,29);1H. The number of carbonyl (C=O) groups is 1. The second-order valence-corrected chi connectivity index (χ2v) is 8.35. The van der Waals surface area contributed by atoms with Gasteiger partial charge in [0.25, 0.3) is 0 Å². The fourth-order valence-electron chi connectivity index (χ4n) is 4.21. The molecule has 1 amide bonds. The van der Waals surface area contributed by atoms with Crippen molar-refractivity contribution in [3.05, 3.63) is 82.7 Å². The van der Waals surface area contributed by atoms with E-state index in [-0.39, 0.29) is 36.4 Å². The molecule has 0 atom stereocenters. The van der Waals surface area contributed by atoms with E-state index in [1.165, 1.54) is 11.1 Å². The lowest BCUT2D eigenvalue weighted by Crippen LogP contribution is -2.46. The second kappa shape index (κ2) is 12.0. The minimum atomic E-state index is 0. The van der Waals surface area contributed by atoms with Gasteiger partial charge in [-0.05, 0) is 56.0 Å². The van der Waals surface area contributed by atoms with Gasteiger partial charge in [0.1, 0.15) is 0 Å². The van der Waals surface area contributed by atoms with Crippen LogP contribution in [0.3, 0.4) is 0 Å². The molecule has 8 heteroatoms. The topological polar surface area (TPSA) is 74.5 Å². The zero-order chi connectivity index (χ0) is 23.2. The molecule has 2 heterocycles. The second-order valence-electron chi connectivity index (χ2n) is 8.35. The number of aryl methyl sites for hydroxylation is 2. The molecule has 3 aromatic rings. The number of nitrogens with one attached hydrogen (secondary N) is 2. The summed E-state index contributed by atoms with van der Waals surface area (Å²) in [6.07, 6.45) is 0.902. The summed E-state index contributed by atoms with van der Waals surface area (Å²) in [5.41, 5.74) is 6.73. The normalized spacial score (nSPS) is 13.1. The van der Waals surface area contributed by atoms with Gasteiger partial charge in [-0.15, -0.1) is 24.0 Å². The Morgan fingerprint density at radius 3 is 2.53 bits per heavy atom. The molecule has 180 valence electrons. The number of halogens is 1. The minimum Gasteiger partial charge on any atom is -0.357 e. The van der Waals surface area contributed by atoms with Crippen molar-refractivity contribution in [2.24, 2.45) is 4.99 Å². The molecular weight excluding hydrogens is 539 g/mol. The average molecular weight is 572 g/mol. The molecule has 0 spiro atoms. The molecule has 0 aliphatic carbocycles. The maximum Gasteiger partial charge on any atom is 0.242 e. The van der Waals surface area contributed by atoms with Crippen LogP contribution in [-0.4, -0.2) is 46.2 Å². The quantitative estimate of drug-likeness (QED) is 0.268. The van der Waals surface area contributed by atoms with Crippen molar-refractivity contribution in [3.63, 3.8) is 0 Å². The average Bonchev–Trinajstić information content (AvgIpc) is 3.18. The molecule has 4 rings (SSSR count). The van der Waals surface area contributed by atoms with Crippen LogP contribution in [0.25, 0.3) is 5.69 Å². The van der Waals surface area contributed by atoms with Gasteiger partial charge < -0.3 is 15.5 Å². The Labute approximate surface area is 218 Å². The SMILES string of the molecule is CCNC(=NCc1ccccc1-n1nc(C)cc1C)NCC(=O)N1CCc2ccccc2C1.I. The molecule has 0 unspecified atom stereocenters. The molecule has 7 nitrogen and oxygen atoms in total. The van der Waals surface area contributed by atoms with E-state index in [1.54, 1.807) is 0 Å². The van der Waals surface area contributed by atoms with Gasteiger partial charge >= 0.3 is 0 Å². The van der Waals surface area contributed by atoms with Gasteiger partial charge in [-0.1, -0.05) is 42.5 Å². The van der Waals surface area contributed by atoms with E-state index in [4.69, 9.17) is 4.99 Å². The van der Waals surface area contributed by atoms with Gasteiger partial charge in [0, 0.05) is 25.3 Å². The van der Waals surface area contributed by atoms with Crippen LogP contribution >= 0.6 is 24.0 Å². The number of rotatable bonds is 6. The molecule has 2 aromatic carbocycles. The molecule has 0 radical (unpaired) electrons. The van der Waals surface area contributed by atoms with E-state index in [0.717, 1.165) is 42.1 Å². The first-order chi connectivity index (χ1) is 16.0. The van der Waals surface area contributed by atoms with Gasteiger partial charge in [-0.25, -0.2) is 9.67 Å². The number of guanidine groups is 1. The molecule has 1 aromatic heterocycles. The highest BCUT2D eigenvalue weighted by atomic mass is 127. The monoisotopic (exact) mass is 572 g/mol. The Bertz CT molecular complexity index is 1160. The molecule has 1 aliphatic rings. The summed E-state index contributed by atoms with van der Waals surface area (Å²) in [6.45, 7) is 8.90. The van der Waals surface area contributed by atoms with Crippen molar-refractivity contribution in [2.45, 2.75) is 40.3 Å². The van der Waals surface area contributed by atoms with Gasteiger partial charge in [-0.3, -0.25) is 4.79 Å². The number of fused-ring (bicyclic) bond motifs is 1. The third kappa shape index (κ3) is 6.16. The lowest BCUT2D eigenvalue weighted by atomic mass is 10.00. The first kappa shape index (κ1) is 25.7. The van der Waals surface area contributed by atoms with Crippen LogP contribution in [0.2, 0.25) is 0 Å². The summed E-state index contributed by atoms with van der Waals surface area (Å²) >= 11 is 0. The summed E-state index contributed by atoms with van der Waals surface area (Å²) in [4.78, 5) is 19.5. The number of hydrogen-bond acceptors (Lipinski definition) is 3. The summed E-state index contributed by atoms with van der Waals surface area (Å²) in [7, 11) is 0. The molecule has 0 bridgehead atoms. The molecule has 0 saturated heterocycles. The summed E-state index contributed by atoms with van der Waals surface area (Å²) in [6, 6.07) is 18.6. The minimum absolute atomic E-state index is 0. The van der Waals surface area contributed by atoms with E-state index in [9.17, 15) is 4.79 Å². The number of carbonyl (C=O) groups excluding carboxylic acids is 1. The van der Waals surface area contributed by atoms with Crippen LogP contribution in [0.4, 0.5) is 0 Å². The molecule has 2 N–H and O–H groups in total. The van der Waals surface area contributed by atoms with E-state index < -0.39 is 0 Å². The maximum absolute atomic E-state index is 12.8. The predicted octanol–water partition coefficient (Wildman–Crippen LogP) is 3.75. The highest BCUT2D eigenvalue weighted by molar-refractivity contribution is 14.0. The maximum atomic E-state index is 12.8. The number of para-hydroxylation sites is 1. The van der Waals surface area contributed by atoms with E-state index in [2.05, 4.69) is 59.1 Å². The molecule has 0 saturated carbocycles. The first-order valence-corrected chi connectivity index (χ1v) is 11.5. The Hall–Kier alpha value is -2.88. The highest BCUT2D eigenvalue weighted by Gasteiger charge is 2.20. The van der Waals surface area contributed by atoms with E-state index >= 15 is 0 Å². The van der Waals surface area contributed by atoms with Crippen LogP contribution in [-0.2, 0) is 24.3 Å².